The van der Waals surface area contributed by atoms with Crippen LogP contribution in [0.3, 0.4) is 0 Å². The van der Waals surface area contributed by atoms with E-state index in [0.29, 0.717) is 6.23 Å². The van der Waals surface area contributed by atoms with E-state index in [0.717, 1.165) is 0 Å². The number of rotatable bonds is 5. The van der Waals surface area contributed by atoms with Gasteiger partial charge in [0.1, 0.15) is 0 Å². The lowest BCUT2D eigenvalue weighted by Gasteiger charge is -2.03. The van der Waals surface area contributed by atoms with Crippen LogP contribution in [0.5, 0.6) is 0 Å². The van der Waals surface area contributed by atoms with E-state index in [4.69, 9.17) is 4.74 Å². The smallest absolute Gasteiger partial charge is 0.343 e. The summed E-state index contributed by atoms with van der Waals surface area (Å²) in [5.74, 6) is -1.06. The summed E-state index contributed by atoms with van der Waals surface area (Å²) < 4.78 is 9.30. The standard InChI is InChI=1S/C8H14O4Si/c1-6(2)8(10)11-4-7(9)12-5-13-3/h1,4-5,13H2,2-3H3. The summed E-state index contributed by atoms with van der Waals surface area (Å²) in [4.78, 5) is 21.6. The van der Waals surface area contributed by atoms with Gasteiger partial charge in [-0.15, -0.1) is 0 Å². The zero-order valence-electron chi connectivity index (χ0n) is 7.96. The Morgan fingerprint density at radius 3 is 2.46 bits per heavy atom. The lowest BCUT2D eigenvalue weighted by molar-refractivity contribution is -0.155. The number of ether oxygens (including phenoxy) is 2. The first-order chi connectivity index (χ1) is 6.07. The lowest BCUT2D eigenvalue weighted by Crippen LogP contribution is -2.18. The van der Waals surface area contributed by atoms with Crippen LogP contribution in [0, 0.1) is 0 Å². The monoisotopic (exact) mass is 202 g/mol. The van der Waals surface area contributed by atoms with Crippen LogP contribution in [0.2, 0.25) is 6.55 Å². The van der Waals surface area contributed by atoms with Crippen molar-refractivity contribution in [1.29, 1.82) is 0 Å². The Kier molecular flexibility index (Phi) is 5.87. The molecule has 0 amide bonds. The predicted molar refractivity (Wildman–Crippen MR) is 51.1 cm³/mol. The molecule has 13 heavy (non-hydrogen) atoms. The van der Waals surface area contributed by atoms with Crippen LogP contribution in [-0.4, -0.2) is 34.3 Å². The molecule has 0 saturated heterocycles. The Hall–Kier alpha value is -1.10. The third-order valence-electron chi connectivity index (χ3n) is 1.14. The average Bonchev–Trinajstić information content (AvgIpc) is 2.10. The molecule has 0 heterocycles. The molecule has 0 bridgehead atoms. The second kappa shape index (κ2) is 6.42. The normalized spacial score (nSPS) is 10.0. The minimum absolute atomic E-state index is 0.276. The molecule has 0 N–H and O–H groups in total. The first-order valence-electron chi connectivity index (χ1n) is 4.06. The molecule has 0 aliphatic carbocycles. The van der Waals surface area contributed by atoms with E-state index in [-0.39, 0.29) is 21.7 Å². The van der Waals surface area contributed by atoms with Gasteiger partial charge in [-0.2, -0.15) is 0 Å². The van der Waals surface area contributed by atoms with Gasteiger partial charge in [0.2, 0.25) is 0 Å². The Bertz CT molecular complexity index is 212. The topological polar surface area (TPSA) is 52.6 Å². The molecule has 0 rings (SSSR count). The van der Waals surface area contributed by atoms with E-state index in [9.17, 15) is 9.59 Å². The van der Waals surface area contributed by atoms with E-state index < -0.39 is 11.9 Å². The van der Waals surface area contributed by atoms with Gasteiger partial charge in [-0.3, -0.25) is 0 Å². The number of hydrogen-bond acceptors (Lipinski definition) is 4. The summed E-state index contributed by atoms with van der Waals surface area (Å²) in [6, 6.07) is 0. The molecule has 5 heteroatoms. The number of hydrogen-bond donors (Lipinski definition) is 0. The van der Waals surface area contributed by atoms with Crippen LogP contribution in [0.4, 0.5) is 0 Å². The minimum atomic E-state index is -0.564. The number of esters is 2. The third kappa shape index (κ3) is 6.09. The van der Waals surface area contributed by atoms with Crippen molar-refractivity contribution >= 4 is 21.5 Å². The van der Waals surface area contributed by atoms with Gasteiger partial charge in [0.25, 0.3) is 0 Å². The first-order valence-corrected chi connectivity index (χ1v) is 6.47. The van der Waals surface area contributed by atoms with Crippen LogP contribution >= 0.6 is 0 Å². The first kappa shape index (κ1) is 11.9. The van der Waals surface area contributed by atoms with Crippen molar-refractivity contribution in [2.45, 2.75) is 13.5 Å². The third-order valence-corrected chi connectivity index (χ3v) is 1.75. The number of carbonyl (C=O) groups excluding carboxylic acids is 2. The summed E-state index contributed by atoms with van der Waals surface area (Å²) >= 11 is 0. The summed E-state index contributed by atoms with van der Waals surface area (Å²) in [7, 11) is -0.282. The van der Waals surface area contributed by atoms with Gasteiger partial charge in [0, 0.05) is 5.57 Å². The van der Waals surface area contributed by atoms with E-state index in [2.05, 4.69) is 11.3 Å². The maximum absolute atomic E-state index is 10.8. The highest BCUT2D eigenvalue weighted by atomic mass is 28.2. The van der Waals surface area contributed by atoms with Crippen molar-refractivity contribution in [3.05, 3.63) is 12.2 Å². The Balaban J connectivity index is 3.58. The van der Waals surface area contributed by atoms with E-state index in [1.807, 2.05) is 6.55 Å². The average molecular weight is 202 g/mol. The second-order valence-electron chi connectivity index (χ2n) is 2.58. The van der Waals surface area contributed by atoms with Gasteiger partial charge in [0.15, 0.2) is 6.61 Å². The summed E-state index contributed by atoms with van der Waals surface area (Å²) in [6.07, 6.45) is 0.490. The van der Waals surface area contributed by atoms with Crippen LogP contribution in [-0.2, 0) is 19.1 Å². The molecule has 0 aromatic heterocycles. The van der Waals surface area contributed by atoms with Crippen molar-refractivity contribution in [2.24, 2.45) is 0 Å². The lowest BCUT2D eigenvalue weighted by atomic mass is 10.4. The van der Waals surface area contributed by atoms with Crippen molar-refractivity contribution < 1.29 is 19.1 Å². The number of carbonyl (C=O) groups is 2. The van der Waals surface area contributed by atoms with Gasteiger partial charge < -0.3 is 9.47 Å². The van der Waals surface area contributed by atoms with Crippen LogP contribution in [0.15, 0.2) is 12.2 Å². The Labute approximate surface area is 79.7 Å². The highest BCUT2D eigenvalue weighted by molar-refractivity contribution is 6.33. The molecule has 0 aromatic carbocycles. The van der Waals surface area contributed by atoms with E-state index >= 15 is 0 Å². The van der Waals surface area contributed by atoms with Crippen molar-refractivity contribution in [3.8, 4) is 0 Å². The molecule has 0 saturated carbocycles. The maximum Gasteiger partial charge on any atom is 0.343 e. The van der Waals surface area contributed by atoms with Gasteiger partial charge in [0.05, 0.1) is 15.7 Å². The second-order valence-corrected chi connectivity index (χ2v) is 3.99. The fraction of sp³-hybridized carbons (Fsp3) is 0.500. The molecule has 0 atom stereocenters. The SMILES string of the molecule is C=C(C)C(=O)OCC(=O)OC[SiH2]C. The molecular weight excluding hydrogens is 188 g/mol. The van der Waals surface area contributed by atoms with E-state index in [1.54, 1.807) is 0 Å². The van der Waals surface area contributed by atoms with Gasteiger partial charge in [-0.1, -0.05) is 13.1 Å². The van der Waals surface area contributed by atoms with Crippen molar-refractivity contribution in [2.75, 3.05) is 12.8 Å². The minimum Gasteiger partial charge on any atom is -0.468 e. The predicted octanol–water partition coefficient (Wildman–Crippen LogP) is -0.177. The highest BCUT2D eigenvalue weighted by Crippen LogP contribution is 1.92. The van der Waals surface area contributed by atoms with Crippen LogP contribution in [0.1, 0.15) is 6.92 Å². The largest absolute Gasteiger partial charge is 0.468 e. The van der Waals surface area contributed by atoms with Crippen molar-refractivity contribution in [3.63, 3.8) is 0 Å². The molecule has 4 nitrogen and oxygen atoms in total. The quantitative estimate of drug-likeness (QED) is 0.353. The molecule has 0 radical (unpaired) electrons. The fourth-order valence-corrected chi connectivity index (χ4v) is 0.937. The van der Waals surface area contributed by atoms with Crippen LogP contribution in [0.25, 0.3) is 0 Å². The Morgan fingerprint density at radius 1 is 1.38 bits per heavy atom. The summed E-state index contributed by atoms with van der Waals surface area (Å²) in [6.45, 7) is 6.60. The molecule has 0 unspecified atom stereocenters. The molecule has 0 aliphatic rings. The molecular formula is C8H14O4Si. The van der Waals surface area contributed by atoms with Crippen LogP contribution < -0.4 is 0 Å². The molecule has 0 spiro atoms. The van der Waals surface area contributed by atoms with Gasteiger partial charge in [-0.05, 0) is 6.92 Å². The zero-order valence-corrected chi connectivity index (χ0v) is 9.38. The molecule has 0 aromatic rings. The highest BCUT2D eigenvalue weighted by Gasteiger charge is 2.07. The van der Waals surface area contributed by atoms with Gasteiger partial charge >= 0.3 is 11.9 Å². The van der Waals surface area contributed by atoms with Crippen molar-refractivity contribution in [1.82, 2.24) is 0 Å². The summed E-state index contributed by atoms with van der Waals surface area (Å²) in [5.41, 5.74) is 0.276. The molecule has 0 aliphatic heterocycles. The Morgan fingerprint density at radius 2 is 2.00 bits per heavy atom. The van der Waals surface area contributed by atoms with Gasteiger partial charge in [-0.25, -0.2) is 9.59 Å². The fourth-order valence-electron chi connectivity index (χ4n) is 0.505. The maximum atomic E-state index is 10.8. The van der Waals surface area contributed by atoms with E-state index in [1.165, 1.54) is 6.92 Å². The zero-order chi connectivity index (χ0) is 10.3. The molecule has 74 valence electrons. The summed E-state index contributed by atoms with van der Waals surface area (Å²) in [5, 5.41) is 0. The molecule has 0 fully saturated rings.